The highest BCUT2D eigenvalue weighted by Crippen LogP contribution is 2.48. The second kappa shape index (κ2) is 31.2. The molecule has 10 amide bonds. The average Bonchev–Trinajstić information content (AvgIpc) is 3.96. The van der Waals surface area contributed by atoms with Crippen molar-refractivity contribution in [2.75, 3.05) is 25.4 Å². The summed E-state index contributed by atoms with van der Waals surface area (Å²) in [5.41, 5.74) is 23.4. The predicted octanol–water partition coefficient (Wildman–Crippen LogP) is 0.361. The van der Waals surface area contributed by atoms with Crippen LogP contribution in [0, 0.1) is 5.92 Å². The lowest BCUT2D eigenvalue weighted by atomic mass is 9.84. The van der Waals surface area contributed by atoms with Crippen LogP contribution < -0.4 is 60.2 Å². The maximum atomic E-state index is 15.0. The zero-order valence-corrected chi connectivity index (χ0v) is 46.9. The van der Waals surface area contributed by atoms with Gasteiger partial charge in [0.25, 0.3) is 0 Å². The van der Waals surface area contributed by atoms with E-state index in [2.05, 4.69) is 42.2 Å². The van der Waals surface area contributed by atoms with Gasteiger partial charge in [-0.25, -0.2) is 0 Å². The molecule has 25 heteroatoms. The minimum absolute atomic E-state index is 0.000443. The van der Waals surface area contributed by atoms with E-state index in [1.807, 2.05) is 48.5 Å². The van der Waals surface area contributed by atoms with Crippen molar-refractivity contribution in [3.8, 4) is 0 Å². The van der Waals surface area contributed by atoms with E-state index in [-0.39, 0.29) is 75.7 Å². The summed E-state index contributed by atoms with van der Waals surface area (Å²) in [7, 11) is 2.63. The SMILES string of the molecule is NC(=O)CNC(=O)[C@H](CCCN=C(N)N)NC(=O)[C@@H]1CCCN1C(=O)[C@@H]1CSSC2(CCCCC2)CC(=O)N[C@H](Cc2ccccc2)C(=O)N[C@@H](Cc2ccccc2)C(=O)N[C@@H](CC2CCCCC2)C(=O)N[C@@H](CC(N)=O)C(=O)N1. The summed E-state index contributed by atoms with van der Waals surface area (Å²) >= 11 is 0. The third-order valence-corrected chi connectivity index (χ3v) is 18.3. The molecule has 4 aliphatic rings. The molecule has 2 heterocycles. The highest BCUT2D eigenvalue weighted by Gasteiger charge is 2.42. The van der Waals surface area contributed by atoms with Crippen LogP contribution in [-0.4, -0.2) is 142 Å². The fourth-order valence-electron chi connectivity index (χ4n) is 10.9. The Morgan fingerprint density at radius 2 is 1.25 bits per heavy atom. The van der Waals surface area contributed by atoms with Gasteiger partial charge in [-0.1, -0.05) is 134 Å². The van der Waals surface area contributed by atoms with Crippen LogP contribution in [0.4, 0.5) is 0 Å². The predicted molar refractivity (Wildman–Crippen MR) is 304 cm³/mol. The van der Waals surface area contributed by atoms with Crippen molar-refractivity contribution in [3.63, 3.8) is 0 Å². The molecule has 2 aromatic carbocycles. The Bertz CT molecular complexity index is 2510. The first-order valence-electron chi connectivity index (χ1n) is 27.8. The number of likely N-dealkylation sites (tertiary alicyclic amines) is 1. The number of carbonyl (C=O) groups excluding carboxylic acids is 10. The number of aliphatic imine (C=N–C) groups is 1. The van der Waals surface area contributed by atoms with E-state index in [1.165, 1.54) is 26.5 Å². The monoisotopic (exact) mass is 1150 g/mol. The van der Waals surface area contributed by atoms with Gasteiger partial charge in [-0.05, 0) is 62.0 Å². The lowest BCUT2D eigenvalue weighted by molar-refractivity contribution is -0.142. The van der Waals surface area contributed by atoms with Crippen LogP contribution in [0.2, 0.25) is 0 Å². The molecule has 15 N–H and O–H groups in total. The van der Waals surface area contributed by atoms with Crippen molar-refractivity contribution in [1.29, 1.82) is 0 Å². The molecular weight excluding hydrogens is 1070 g/mol. The Kier molecular flexibility index (Phi) is 24.3. The van der Waals surface area contributed by atoms with Gasteiger partial charge in [-0.15, -0.1) is 0 Å². The Morgan fingerprint density at radius 1 is 0.675 bits per heavy atom. The van der Waals surface area contributed by atoms with Crippen molar-refractivity contribution in [3.05, 3.63) is 71.8 Å². The van der Waals surface area contributed by atoms with Crippen LogP contribution in [0.15, 0.2) is 65.7 Å². The van der Waals surface area contributed by atoms with Gasteiger partial charge in [-0.2, -0.15) is 0 Å². The molecule has 2 aliphatic heterocycles. The molecule has 0 unspecified atom stereocenters. The molecule has 80 heavy (non-hydrogen) atoms. The van der Waals surface area contributed by atoms with Crippen LogP contribution >= 0.6 is 21.6 Å². The Hall–Kier alpha value is -6.89. The largest absolute Gasteiger partial charge is 0.370 e. The Balaban J connectivity index is 1.35. The highest BCUT2D eigenvalue weighted by atomic mass is 33.1. The zero-order valence-electron chi connectivity index (χ0n) is 45.3. The maximum Gasteiger partial charge on any atom is 0.246 e. The number of nitrogens with zero attached hydrogens (tertiary/aromatic N) is 2. The molecular formula is C55H79N13O10S2. The third kappa shape index (κ3) is 19.7. The summed E-state index contributed by atoms with van der Waals surface area (Å²) in [6, 6.07) is 9.28. The molecule has 2 saturated heterocycles. The first-order chi connectivity index (χ1) is 38.4. The third-order valence-electron chi connectivity index (χ3n) is 15.0. The van der Waals surface area contributed by atoms with Crippen molar-refractivity contribution in [2.24, 2.45) is 33.8 Å². The second-order valence-electron chi connectivity index (χ2n) is 21.3. The molecule has 2 aliphatic carbocycles. The highest BCUT2D eigenvalue weighted by molar-refractivity contribution is 8.77. The number of hydrogen-bond acceptors (Lipinski definition) is 13. The van der Waals surface area contributed by atoms with Crippen molar-refractivity contribution < 1.29 is 47.9 Å². The number of rotatable bonds is 18. The van der Waals surface area contributed by atoms with Gasteiger partial charge in [0.2, 0.25) is 59.1 Å². The minimum atomic E-state index is -1.63. The number of nitrogens with two attached hydrogens (primary N) is 4. The van der Waals surface area contributed by atoms with Crippen LogP contribution in [0.3, 0.4) is 0 Å². The summed E-state index contributed by atoms with van der Waals surface area (Å²) in [5, 5.41) is 19.4. The van der Waals surface area contributed by atoms with Gasteiger partial charge >= 0.3 is 0 Å². The number of carbonyl (C=O) groups is 10. The maximum absolute atomic E-state index is 15.0. The molecule has 0 radical (unpaired) electrons. The van der Waals surface area contributed by atoms with E-state index in [0.717, 1.165) is 56.9 Å². The first-order valence-corrected chi connectivity index (χ1v) is 30.1. The molecule has 23 nitrogen and oxygen atoms in total. The van der Waals surface area contributed by atoms with Gasteiger partial charge in [0.1, 0.15) is 42.3 Å². The van der Waals surface area contributed by atoms with Gasteiger partial charge in [0, 0.05) is 42.9 Å². The molecule has 6 rings (SSSR count). The van der Waals surface area contributed by atoms with Crippen molar-refractivity contribution in [2.45, 2.75) is 169 Å². The Morgan fingerprint density at radius 3 is 1.86 bits per heavy atom. The second-order valence-corrected chi connectivity index (χ2v) is 24.1. The number of primary amides is 2. The standard InChI is InChI=1S/C55H79N13O10S2/c56-44(69)30-41-51(76)67-42(53(78)68-26-14-22-43(68)52(77)63-37(21-13-25-60-54(58)59)47(72)61-32-45(57)70)33-79-80-55(23-11-4-12-24-55)31-46(71)62-38(27-34-15-5-1-6-16-34)48(73)64-39(28-35-17-7-2-8-18-35)49(74)65-40(50(75)66-41)29-36-19-9-3-10-20-36/h1-2,5-8,15-18,36-43H,3-4,9-14,19-33H2,(H2,56,69)(H2,57,70)(H,61,72)(H,62,71)(H,63,77)(H,64,73)(H,65,74)(H,66,75)(H,67,76)(H4,58,59,60)/t37-,38+,39-,40-,41-,42-,43-/m0/s1. The summed E-state index contributed by atoms with van der Waals surface area (Å²) < 4.78 is -0.688. The van der Waals surface area contributed by atoms with Crippen LogP contribution in [0.1, 0.15) is 120 Å². The molecule has 2 aromatic rings. The van der Waals surface area contributed by atoms with Crippen LogP contribution in [0.25, 0.3) is 0 Å². The van der Waals surface area contributed by atoms with Crippen LogP contribution in [0.5, 0.6) is 0 Å². The molecule has 0 aromatic heterocycles. The molecule has 1 spiro atoms. The molecule has 436 valence electrons. The van der Waals surface area contributed by atoms with Crippen molar-refractivity contribution >= 4 is 86.6 Å². The normalized spacial score (nSPS) is 24.1. The first kappa shape index (κ1) is 62.3. The molecule has 7 atom stereocenters. The molecule has 2 saturated carbocycles. The lowest BCUT2D eigenvalue weighted by Crippen LogP contribution is -2.61. The lowest BCUT2D eigenvalue weighted by Gasteiger charge is -2.37. The Labute approximate surface area is 474 Å². The average molecular weight is 1150 g/mol. The number of amides is 10. The topological polar surface area (TPSA) is 375 Å². The van der Waals surface area contributed by atoms with E-state index in [1.54, 1.807) is 12.1 Å². The summed E-state index contributed by atoms with van der Waals surface area (Å²) in [4.78, 5) is 145. The minimum Gasteiger partial charge on any atom is -0.370 e. The quantitative estimate of drug-likeness (QED) is 0.0416. The number of benzene rings is 2. The molecule has 4 fully saturated rings. The van der Waals surface area contributed by atoms with E-state index in [9.17, 15) is 43.2 Å². The van der Waals surface area contributed by atoms with Gasteiger partial charge in [0.15, 0.2) is 5.96 Å². The summed E-state index contributed by atoms with van der Waals surface area (Å²) in [6.45, 7) is -0.283. The zero-order chi connectivity index (χ0) is 57.6. The van der Waals surface area contributed by atoms with E-state index in [0.29, 0.717) is 24.8 Å². The fourth-order valence-corrected chi connectivity index (χ4v) is 14.2. The van der Waals surface area contributed by atoms with E-state index >= 15 is 4.79 Å². The number of hydrogen-bond donors (Lipinski definition) is 11. The smallest absolute Gasteiger partial charge is 0.246 e. The molecule has 0 bridgehead atoms. The summed E-state index contributed by atoms with van der Waals surface area (Å²) in [5.74, 6) is -7.53. The summed E-state index contributed by atoms with van der Waals surface area (Å²) in [6.07, 6.45) is 8.55. The van der Waals surface area contributed by atoms with Crippen LogP contribution in [-0.2, 0) is 60.8 Å². The van der Waals surface area contributed by atoms with E-state index < -0.39 is 119 Å². The van der Waals surface area contributed by atoms with Gasteiger partial charge in [-0.3, -0.25) is 52.9 Å². The van der Waals surface area contributed by atoms with Gasteiger partial charge in [0.05, 0.1) is 13.0 Å². The fraction of sp³-hybridized carbons (Fsp3) is 0.582. The van der Waals surface area contributed by atoms with Crippen molar-refractivity contribution in [1.82, 2.24) is 42.1 Å². The number of guanidine groups is 1. The van der Waals surface area contributed by atoms with E-state index in [4.69, 9.17) is 22.9 Å². The number of nitrogens with one attached hydrogen (secondary N) is 7. The van der Waals surface area contributed by atoms with Gasteiger partial charge < -0.3 is 65.1 Å².